The van der Waals surface area contributed by atoms with Crippen LogP contribution >= 0.6 is 0 Å². The summed E-state index contributed by atoms with van der Waals surface area (Å²) in [5.41, 5.74) is -0.0624. The molecular weight excluding hydrogens is 188 g/mol. The summed E-state index contributed by atoms with van der Waals surface area (Å²) in [6.07, 6.45) is 3.15. The maximum Gasteiger partial charge on any atom is 0.224 e. The van der Waals surface area contributed by atoms with E-state index in [4.69, 9.17) is 0 Å². The number of carbonyl (C=O) groups is 1. The van der Waals surface area contributed by atoms with Crippen LogP contribution in [0.2, 0.25) is 0 Å². The normalized spacial score (nSPS) is 23.9. The third-order valence-corrected chi connectivity index (χ3v) is 3.34. The molecule has 0 unspecified atom stereocenters. The number of nitrogens with one attached hydrogen (secondary N) is 1. The van der Waals surface area contributed by atoms with Crippen LogP contribution in [0, 0.1) is 5.92 Å². The number of hydrogen-bond acceptors (Lipinski definition) is 2. The second-order valence-electron chi connectivity index (χ2n) is 5.33. The second-order valence-corrected chi connectivity index (χ2v) is 5.33. The maximum atomic E-state index is 12.0. The zero-order valence-electron chi connectivity index (χ0n) is 10.5. The van der Waals surface area contributed by atoms with Gasteiger partial charge in [0.25, 0.3) is 0 Å². The van der Waals surface area contributed by atoms with E-state index in [0.717, 1.165) is 32.4 Å². The summed E-state index contributed by atoms with van der Waals surface area (Å²) in [5.74, 6) is 0.419. The Bertz CT molecular complexity index is 226. The first-order valence-electron chi connectivity index (χ1n) is 5.95. The van der Waals surface area contributed by atoms with Gasteiger partial charge in [-0.3, -0.25) is 4.79 Å². The fourth-order valence-corrected chi connectivity index (χ4v) is 1.90. The molecule has 1 aliphatic heterocycles. The van der Waals surface area contributed by atoms with E-state index in [-0.39, 0.29) is 17.4 Å². The van der Waals surface area contributed by atoms with Crippen molar-refractivity contribution in [1.82, 2.24) is 10.2 Å². The lowest BCUT2D eigenvalue weighted by Gasteiger charge is -2.32. The lowest BCUT2D eigenvalue weighted by Crippen LogP contribution is -2.49. The van der Waals surface area contributed by atoms with Crippen molar-refractivity contribution in [2.45, 2.75) is 45.6 Å². The van der Waals surface area contributed by atoms with Gasteiger partial charge in [0.2, 0.25) is 5.91 Å². The predicted molar refractivity (Wildman–Crippen MR) is 62.7 cm³/mol. The zero-order chi connectivity index (χ0) is 11.5. The number of carbonyl (C=O) groups excluding carboxylic acids is 1. The quantitative estimate of drug-likeness (QED) is 0.771. The van der Waals surface area contributed by atoms with E-state index < -0.39 is 0 Å². The van der Waals surface area contributed by atoms with Crippen molar-refractivity contribution >= 4 is 5.91 Å². The number of likely N-dealkylation sites (tertiary alicyclic amines) is 1. The molecule has 1 rings (SSSR count). The Labute approximate surface area is 93.2 Å². The first kappa shape index (κ1) is 12.5. The largest absolute Gasteiger partial charge is 0.351 e. The van der Waals surface area contributed by atoms with E-state index in [1.165, 1.54) is 0 Å². The fourth-order valence-electron chi connectivity index (χ4n) is 1.90. The van der Waals surface area contributed by atoms with Crippen LogP contribution in [-0.2, 0) is 4.79 Å². The van der Waals surface area contributed by atoms with Crippen molar-refractivity contribution < 1.29 is 4.79 Å². The Morgan fingerprint density at radius 2 is 2.20 bits per heavy atom. The van der Waals surface area contributed by atoms with Crippen LogP contribution in [0.1, 0.15) is 40.0 Å². The topological polar surface area (TPSA) is 32.3 Å². The average Bonchev–Trinajstić information content (AvgIpc) is 2.17. The van der Waals surface area contributed by atoms with Gasteiger partial charge in [0.15, 0.2) is 0 Å². The SMILES string of the molecule is CCC(C)(C)NC(=O)[C@H]1CCCN(C)C1. The minimum Gasteiger partial charge on any atom is -0.351 e. The van der Waals surface area contributed by atoms with Gasteiger partial charge in [-0.1, -0.05) is 6.92 Å². The van der Waals surface area contributed by atoms with E-state index in [1.54, 1.807) is 0 Å². The monoisotopic (exact) mass is 212 g/mol. The van der Waals surface area contributed by atoms with Crippen molar-refractivity contribution in [2.24, 2.45) is 5.92 Å². The summed E-state index contributed by atoms with van der Waals surface area (Å²) < 4.78 is 0. The Kier molecular flexibility index (Phi) is 4.14. The summed E-state index contributed by atoms with van der Waals surface area (Å²) in [4.78, 5) is 14.2. The van der Waals surface area contributed by atoms with E-state index in [9.17, 15) is 4.79 Å². The summed E-state index contributed by atoms with van der Waals surface area (Å²) >= 11 is 0. The van der Waals surface area contributed by atoms with Crippen LogP contribution in [0.3, 0.4) is 0 Å². The van der Waals surface area contributed by atoms with Crippen LogP contribution in [0.4, 0.5) is 0 Å². The van der Waals surface area contributed by atoms with Crippen molar-refractivity contribution in [3.63, 3.8) is 0 Å². The molecule has 3 heteroatoms. The van der Waals surface area contributed by atoms with E-state index in [1.807, 2.05) is 0 Å². The minimum atomic E-state index is -0.0624. The molecule has 1 atom stereocenters. The van der Waals surface area contributed by atoms with Crippen LogP contribution < -0.4 is 5.32 Å². The molecule has 3 nitrogen and oxygen atoms in total. The van der Waals surface area contributed by atoms with Gasteiger partial charge in [0.1, 0.15) is 0 Å². The van der Waals surface area contributed by atoms with Gasteiger partial charge >= 0.3 is 0 Å². The van der Waals surface area contributed by atoms with Gasteiger partial charge < -0.3 is 10.2 Å². The highest BCUT2D eigenvalue weighted by Crippen LogP contribution is 2.17. The first-order chi connectivity index (χ1) is 6.94. The predicted octanol–water partition coefficient (Wildman–Crippen LogP) is 1.63. The second kappa shape index (κ2) is 4.97. The molecule has 0 aromatic rings. The lowest BCUT2D eigenvalue weighted by molar-refractivity contribution is -0.128. The van der Waals surface area contributed by atoms with E-state index >= 15 is 0 Å². The summed E-state index contributed by atoms with van der Waals surface area (Å²) in [6, 6.07) is 0. The number of nitrogens with zero attached hydrogens (tertiary/aromatic N) is 1. The van der Waals surface area contributed by atoms with Gasteiger partial charge in [-0.05, 0) is 46.7 Å². The molecular formula is C12H24N2O. The standard InChI is InChI=1S/C12H24N2O/c1-5-12(2,3)13-11(15)10-7-6-8-14(4)9-10/h10H,5-9H2,1-4H3,(H,13,15)/t10-/m0/s1. The highest BCUT2D eigenvalue weighted by molar-refractivity contribution is 5.79. The molecule has 0 aromatic heterocycles. The molecule has 0 aliphatic carbocycles. The van der Waals surface area contributed by atoms with Crippen LogP contribution in [0.15, 0.2) is 0 Å². The van der Waals surface area contributed by atoms with Gasteiger partial charge in [-0.15, -0.1) is 0 Å². The van der Waals surface area contributed by atoms with E-state index in [0.29, 0.717) is 0 Å². The van der Waals surface area contributed by atoms with Gasteiger partial charge in [0.05, 0.1) is 5.92 Å². The lowest BCUT2D eigenvalue weighted by atomic mass is 9.95. The Morgan fingerprint density at radius 1 is 1.53 bits per heavy atom. The Morgan fingerprint density at radius 3 is 2.73 bits per heavy atom. The third-order valence-electron chi connectivity index (χ3n) is 3.34. The molecule has 1 fully saturated rings. The minimum absolute atomic E-state index is 0.0624. The van der Waals surface area contributed by atoms with Crippen molar-refractivity contribution in [3.8, 4) is 0 Å². The Hall–Kier alpha value is -0.570. The summed E-state index contributed by atoms with van der Waals surface area (Å²) in [6.45, 7) is 8.30. The average molecular weight is 212 g/mol. The number of rotatable bonds is 3. The number of amides is 1. The van der Waals surface area contributed by atoms with Crippen molar-refractivity contribution in [2.75, 3.05) is 20.1 Å². The molecule has 0 saturated carbocycles. The molecule has 88 valence electrons. The van der Waals surface area contributed by atoms with Crippen LogP contribution in [0.5, 0.6) is 0 Å². The van der Waals surface area contributed by atoms with Crippen molar-refractivity contribution in [3.05, 3.63) is 0 Å². The highest BCUT2D eigenvalue weighted by Gasteiger charge is 2.27. The van der Waals surface area contributed by atoms with Gasteiger partial charge in [-0.25, -0.2) is 0 Å². The number of hydrogen-bond donors (Lipinski definition) is 1. The molecule has 15 heavy (non-hydrogen) atoms. The first-order valence-corrected chi connectivity index (χ1v) is 5.95. The van der Waals surface area contributed by atoms with E-state index in [2.05, 4.69) is 38.0 Å². The molecule has 1 aliphatic rings. The van der Waals surface area contributed by atoms with Crippen LogP contribution in [0.25, 0.3) is 0 Å². The van der Waals surface area contributed by atoms with Crippen molar-refractivity contribution in [1.29, 1.82) is 0 Å². The highest BCUT2D eigenvalue weighted by atomic mass is 16.2. The Balaban J connectivity index is 2.46. The third kappa shape index (κ3) is 3.82. The van der Waals surface area contributed by atoms with Crippen LogP contribution in [-0.4, -0.2) is 36.5 Å². The number of piperidine rings is 1. The maximum absolute atomic E-state index is 12.0. The van der Waals surface area contributed by atoms with Gasteiger partial charge in [0, 0.05) is 12.1 Å². The molecule has 1 heterocycles. The molecule has 1 saturated heterocycles. The fraction of sp³-hybridized carbons (Fsp3) is 0.917. The zero-order valence-corrected chi connectivity index (χ0v) is 10.5. The molecule has 0 radical (unpaired) electrons. The smallest absolute Gasteiger partial charge is 0.224 e. The molecule has 0 bridgehead atoms. The molecule has 1 amide bonds. The molecule has 0 aromatic carbocycles. The molecule has 1 N–H and O–H groups in total. The molecule has 0 spiro atoms. The summed E-state index contributed by atoms with van der Waals surface area (Å²) in [7, 11) is 2.09. The van der Waals surface area contributed by atoms with Gasteiger partial charge in [-0.2, -0.15) is 0 Å². The summed E-state index contributed by atoms with van der Waals surface area (Å²) in [5, 5.41) is 3.13.